The number of hydrogen-bond donors (Lipinski definition) is 1. The van der Waals surface area contributed by atoms with E-state index in [-0.39, 0.29) is 0 Å². The molecule has 3 heteroatoms. The largest absolute Gasteiger partial charge is 0.388 e. The second kappa shape index (κ2) is 4.03. The van der Waals surface area contributed by atoms with Gasteiger partial charge in [-0.15, -0.1) is 11.3 Å². The van der Waals surface area contributed by atoms with Crippen LogP contribution >= 0.6 is 22.9 Å². The van der Waals surface area contributed by atoms with E-state index in [0.29, 0.717) is 0 Å². The van der Waals surface area contributed by atoms with Gasteiger partial charge in [0.1, 0.15) is 4.34 Å². The molecule has 0 aliphatic carbocycles. The molecule has 2 rings (SSSR count). The van der Waals surface area contributed by atoms with Gasteiger partial charge in [-0.25, -0.2) is 0 Å². The predicted octanol–water partition coefficient (Wildman–Crippen LogP) is 4.11. The highest BCUT2D eigenvalue weighted by Gasteiger charge is 2.04. The summed E-state index contributed by atoms with van der Waals surface area (Å²) in [6.45, 7) is 0. The molecule has 0 spiro atoms. The van der Waals surface area contributed by atoms with Crippen LogP contribution in [0.4, 0.5) is 5.69 Å². The minimum atomic E-state index is 0.846. The summed E-state index contributed by atoms with van der Waals surface area (Å²) in [6, 6.07) is 10.3. The van der Waals surface area contributed by atoms with Gasteiger partial charge in [0, 0.05) is 18.3 Å². The van der Waals surface area contributed by atoms with Gasteiger partial charge in [0.15, 0.2) is 0 Å². The molecule has 0 amide bonds. The van der Waals surface area contributed by atoms with Gasteiger partial charge < -0.3 is 5.32 Å². The number of hydrogen-bond acceptors (Lipinski definition) is 2. The summed E-state index contributed by atoms with van der Waals surface area (Å²) in [5.41, 5.74) is 3.36. The first kappa shape index (κ1) is 9.56. The Morgan fingerprint density at radius 1 is 1.29 bits per heavy atom. The zero-order valence-corrected chi connectivity index (χ0v) is 9.32. The molecule has 0 aliphatic heterocycles. The first-order valence-corrected chi connectivity index (χ1v) is 5.58. The van der Waals surface area contributed by atoms with E-state index >= 15 is 0 Å². The molecule has 0 saturated carbocycles. The van der Waals surface area contributed by atoms with Gasteiger partial charge in [-0.3, -0.25) is 0 Å². The number of benzene rings is 1. The van der Waals surface area contributed by atoms with Crippen molar-refractivity contribution in [2.24, 2.45) is 0 Å². The number of halogens is 1. The van der Waals surface area contributed by atoms with Crippen LogP contribution in [0.25, 0.3) is 11.1 Å². The molecule has 0 aliphatic rings. The standard InChI is InChI=1S/C11H10ClNS/c1-13-9-4-2-3-8(7-9)10-5-6-14-11(10)12/h2-7,13H,1H3. The first-order chi connectivity index (χ1) is 6.81. The van der Waals surface area contributed by atoms with Crippen molar-refractivity contribution >= 4 is 28.6 Å². The number of nitrogens with one attached hydrogen (secondary N) is 1. The van der Waals surface area contributed by atoms with Crippen LogP contribution in [0.2, 0.25) is 4.34 Å². The van der Waals surface area contributed by atoms with E-state index in [2.05, 4.69) is 17.4 Å². The van der Waals surface area contributed by atoms with Gasteiger partial charge in [-0.2, -0.15) is 0 Å². The smallest absolute Gasteiger partial charge is 0.101 e. The molecule has 0 atom stereocenters. The minimum Gasteiger partial charge on any atom is -0.388 e. The summed E-state index contributed by atoms with van der Waals surface area (Å²) < 4.78 is 0.846. The van der Waals surface area contributed by atoms with E-state index < -0.39 is 0 Å². The Kier molecular flexibility index (Phi) is 2.75. The van der Waals surface area contributed by atoms with Crippen molar-refractivity contribution < 1.29 is 0 Å². The van der Waals surface area contributed by atoms with Crippen molar-refractivity contribution in [1.82, 2.24) is 0 Å². The molecule has 1 aromatic heterocycles. The number of anilines is 1. The monoisotopic (exact) mass is 223 g/mol. The van der Waals surface area contributed by atoms with Gasteiger partial charge in [0.25, 0.3) is 0 Å². The lowest BCUT2D eigenvalue weighted by Gasteiger charge is -2.03. The Morgan fingerprint density at radius 3 is 2.79 bits per heavy atom. The summed E-state index contributed by atoms with van der Waals surface area (Å²) >= 11 is 7.63. The lowest BCUT2D eigenvalue weighted by Crippen LogP contribution is -1.87. The molecule has 1 N–H and O–H groups in total. The van der Waals surface area contributed by atoms with Crippen molar-refractivity contribution in [3.63, 3.8) is 0 Å². The second-order valence-electron chi connectivity index (χ2n) is 2.94. The summed E-state index contributed by atoms with van der Waals surface area (Å²) in [5, 5.41) is 5.11. The molecule has 0 radical (unpaired) electrons. The normalized spacial score (nSPS) is 10.1. The highest BCUT2D eigenvalue weighted by Crippen LogP contribution is 2.33. The molecule has 1 heterocycles. The van der Waals surface area contributed by atoms with Crippen LogP contribution in [0.3, 0.4) is 0 Å². The van der Waals surface area contributed by atoms with E-state index in [1.165, 1.54) is 0 Å². The summed E-state index contributed by atoms with van der Waals surface area (Å²) in [6.07, 6.45) is 0. The van der Waals surface area contributed by atoms with E-state index in [4.69, 9.17) is 11.6 Å². The Morgan fingerprint density at radius 2 is 2.14 bits per heavy atom. The van der Waals surface area contributed by atoms with Gasteiger partial charge >= 0.3 is 0 Å². The number of rotatable bonds is 2. The van der Waals surface area contributed by atoms with Crippen LogP contribution in [0.5, 0.6) is 0 Å². The molecule has 72 valence electrons. The Labute approximate surface area is 92.3 Å². The maximum Gasteiger partial charge on any atom is 0.101 e. The third-order valence-electron chi connectivity index (χ3n) is 2.08. The summed E-state index contributed by atoms with van der Waals surface area (Å²) in [5.74, 6) is 0. The van der Waals surface area contributed by atoms with Crippen molar-refractivity contribution in [1.29, 1.82) is 0 Å². The summed E-state index contributed by atoms with van der Waals surface area (Å²) in [4.78, 5) is 0. The van der Waals surface area contributed by atoms with E-state index in [1.54, 1.807) is 11.3 Å². The second-order valence-corrected chi connectivity index (χ2v) is 4.46. The zero-order valence-electron chi connectivity index (χ0n) is 7.75. The van der Waals surface area contributed by atoms with Crippen molar-refractivity contribution in [2.45, 2.75) is 0 Å². The van der Waals surface area contributed by atoms with Crippen LogP contribution in [-0.2, 0) is 0 Å². The minimum absolute atomic E-state index is 0.846. The molecular weight excluding hydrogens is 214 g/mol. The fraction of sp³-hybridized carbons (Fsp3) is 0.0909. The average Bonchev–Trinajstić information content (AvgIpc) is 2.65. The zero-order chi connectivity index (χ0) is 9.97. The highest BCUT2D eigenvalue weighted by molar-refractivity contribution is 7.15. The molecule has 1 aromatic carbocycles. The maximum atomic E-state index is 6.07. The molecule has 2 aromatic rings. The van der Waals surface area contributed by atoms with Crippen LogP contribution < -0.4 is 5.32 Å². The molecule has 0 bridgehead atoms. The quantitative estimate of drug-likeness (QED) is 0.808. The van der Waals surface area contributed by atoms with E-state index in [9.17, 15) is 0 Å². The Hall–Kier alpha value is -0.990. The van der Waals surface area contributed by atoms with Gasteiger partial charge in [0.05, 0.1) is 0 Å². The fourth-order valence-electron chi connectivity index (χ4n) is 1.34. The van der Waals surface area contributed by atoms with E-state index in [1.807, 2.05) is 30.6 Å². The lowest BCUT2D eigenvalue weighted by molar-refractivity contribution is 1.51. The van der Waals surface area contributed by atoms with Gasteiger partial charge in [-0.1, -0.05) is 23.7 Å². The molecule has 0 saturated heterocycles. The lowest BCUT2D eigenvalue weighted by atomic mass is 10.1. The molecular formula is C11H10ClNS. The van der Waals surface area contributed by atoms with Gasteiger partial charge in [-0.05, 0) is 29.1 Å². The molecule has 1 nitrogen and oxygen atoms in total. The summed E-state index contributed by atoms with van der Waals surface area (Å²) in [7, 11) is 1.91. The Balaban J connectivity index is 2.47. The molecule has 14 heavy (non-hydrogen) atoms. The van der Waals surface area contributed by atoms with Crippen molar-refractivity contribution in [2.75, 3.05) is 12.4 Å². The molecule has 0 fully saturated rings. The third-order valence-corrected chi connectivity index (χ3v) is 3.25. The van der Waals surface area contributed by atoms with Crippen molar-refractivity contribution in [3.8, 4) is 11.1 Å². The topological polar surface area (TPSA) is 12.0 Å². The van der Waals surface area contributed by atoms with Gasteiger partial charge in [0.2, 0.25) is 0 Å². The van der Waals surface area contributed by atoms with Crippen LogP contribution in [0.1, 0.15) is 0 Å². The van der Waals surface area contributed by atoms with Crippen LogP contribution in [0.15, 0.2) is 35.7 Å². The predicted molar refractivity (Wildman–Crippen MR) is 64.3 cm³/mol. The molecule has 0 unspecified atom stereocenters. The average molecular weight is 224 g/mol. The maximum absolute atomic E-state index is 6.07. The highest BCUT2D eigenvalue weighted by atomic mass is 35.5. The van der Waals surface area contributed by atoms with E-state index in [0.717, 1.165) is 21.2 Å². The van der Waals surface area contributed by atoms with Crippen molar-refractivity contribution in [3.05, 3.63) is 40.0 Å². The SMILES string of the molecule is CNc1cccc(-c2ccsc2Cl)c1. The fourth-order valence-corrected chi connectivity index (χ4v) is 2.31. The van der Waals surface area contributed by atoms with Crippen LogP contribution in [-0.4, -0.2) is 7.05 Å². The van der Waals surface area contributed by atoms with Crippen LogP contribution in [0, 0.1) is 0 Å². The Bertz CT molecular complexity index is 436. The third kappa shape index (κ3) is 1.76. The first-order valence-electron chi connectivity index (χ1n) is 4.32. The number of thiophene rings is 1.